The van der Waals surface area contributed by atoms with Gasteiger partial charge in [-0.05, 0) is 78.0 Å². The summed E-state index contributed by atoms with van der Waals surface area (Å²) < 4.78 is 24.0. The molecule has 3 aliphatic rings. The van der Waals surface area contributed by atoms with Crippen molar-refractivity contribution >= 4 is 23.8 Å². The standard InChI is InChI=1S/C28H42N2O6S/c1-27(2,3)36-26(32)29-21(11-13-37-7)25(31)30-12-10-22-17(16-30)14-20-24(34-22)19-9-8-18(33-6)15-23(19)35-28(20,4)5/h8-9,15,17,20-22,24H,10-14,16H2,1-7H3,(H,29,32)/t17-,20+,21+,22+,24-/m1/s1. The van der Waals surface area contributed by atoms with E-state index in [9.17, 15) is 9.59 Å². The minimum Gasteiger partial charge on any atom is -0.497 e. The number of alkyl carbamates (subject to hydrolysis) is 1. The zero-order valence-electron chi connectivity index (χ0n) is 23.2. The van der Waals surface area contributed by atoms with Gasteiger partial charge in [0.15, 0.2) is 0 Å². The van der Waals surface area contributed by atoms with Crippen LogP contribution in [0.2, 0.25) is 0 Å². The Balaban J connectivity index is 1.46. The molecular weight excluding hydrogens is 492 g/mol. The van der Waals surface area contributed by atoms with Gasteiger partial charge in [0.05, 0.1) is 19.3 Å². The van der Waals surface area contributed by atoms with Crippen molar-refractivity contribution in [3.63, 3.8) is 0 Å². The molecular formula is C28H42N2O6S. The number of methoxy groups -OCH3 is 1. The van der Waals surface area contributed by atoms with Gasteiger partial charge in [0.2, 0.25) is 5.91 Å². The molecule has 0 radical (unpaired) electrons. The second-order valence-electron chi connectivity index (χ2n) is 11.9. The predicted octanol–water partition coefficient (Wildman–Crippen LogP) is 4.81. The Bertz CT molecular complexity index is 993. The van der Waals surface area contributed by atoms with Gasteiger partial charge in [-0.2, -0.15) is 11.8 Å². The number of hydrogen-bond donors (Lipinski definition) is 1. The number of likely N-dealkylation sites (tertiary alicyclic amines) is 1. The summed E-state index contributed by atoms with van der Waals surface area (Å²) >= 11 is 1.66. The molecule has 9 heteroatoms. The molecule has 1 aromatic rings. The van der Waals surface area contributed by atoms with Crippen LogP contribution in [0.25, 0.3) is 0 Å². The number of fused-ring (bicyclic) bond motifs is 4. The molecule has 1 aromatic carbocycles. The van der Waals surface area contributed by atoms with Gasteiger partial charge in [0.1, 0.15) is 28.7 Å². The fraction of sp³-hybridized carbons (Fsp3) is 0.714. The van der Waals surface area contributed by atoms with Crippen LogP contribution in [0.5, 0.6) is 11.5 Å². The highest BCUT2D eigenvalue weighted by atomic mass is 32.2. The molecule has 0 spiro atoms. The molecule has 4 rings (SSSR count). The molecule has 3 heterocycles. The van der Waals surface area contributed by atoms with Crippen LogP contribution in [0.15, 0.2) is 18.2 Å². The van der Waals surface area contributed by atoms with E-state index in [1.165, 1.54) is 0 Å². The van der Waals surface area contributed by atoms with Crippen LogP contribution >= 0.6 is 11.8 Å². The Morgan fingerprint density at radius 1 is 1.30 bits per heavy atom. The van der Waals surface area contributed by atoms with Crippen molar-refractivity contribution in [2.75, 3.05) is 32.2 Å². The highest BCUT2D eigenvalue weighted by Crippen LogP contribution is 2.53. The van der Waals surface area contributed by atoms with E-state index >= 15 is 0 Å². The molecule has 0 aromatic heterocycles. The van der Waals surface area contributed by atoms with Gasteiger partial charge in [-0.15, -0.1) is 0 Å². The third kappa shape index (κ3) is 6.30. The van der Waals surface area contributed by atoms with Crippen molar-refractivity contribution in [1.29, 1.82) is 0 Å². The second kappa shape index (κ2) is 10.9. The summed E-state index contributed by atoms with van der Waals surface area (Å²) in [4.78, 5) is 28.0. The lowest BCUT2D eigenvalue weighted by Gasteiger charge is -2.53. The lowest BCUT2D eigenvalue weighted by molar-refractivity contribution is -0.189. The van der Waals surface area contributed by atoms with E-state index in [1.54, 1.807) is 18.9 Å². The molecule has 0 aliphatic carbocycles. The van der Waals surface area contributed by atoms with Gasteiger partial charge in [-0.1, -0.05) is 0 Å². The van der Waals surface area contributed by atoms with Crippen LogP contribution in [-0.4, -0.2) is 72.5 Å². The third-order valence-corrected chi connectivity index (χ3v) is 8.26. The monoisotopic (exact) mass is 534 g/mol. The third-order valence-electron chi connectivity index (χ3n) is 7.61. The summed E-state index contributed by atoms with van der Waals surface area (Å²) in [6.07, 6.45) is 3.72. The number of amides is 2. The Labute approximate surface area is 225 Å². The molecule has 2 saturated heterocycles. The highest BCUT2D eigenvalue weighted by molar-refractivity contribution is 7.98. The number of carbonyl (C=O) groups excluding carboxylic acids is 2. The van der Waals surface area contributed by atoms with Crippen LogP contribution in [0.3, 0.4) is 0 Å². The van der Waals surface area contributed by atoms with E-state index in [4.69, 9.17) is 18.9 Å². The van der Waals surface area contributed by atoms with Gasteiger partial charge >= 0.3 is 6.09 Å². The molecule has 0 unspecified atom stereocenters. The van der Waals surface area contributed by atoms with E-state index in [1.807, 2.05) is 44.1 Å². The molecule has 2 fully saturated rings. The molecule has 5 atom stereocenters. The number of carbonyl (C=O) groups is 2. The number of rotatable bonds is 6. The van der Waals surface area contributed by atoms with Crippen molar-refractivity contribution in [1.82, 2.24) is 10.2 Å². The molecule has 37 heavy (non-hydrogen) atoms. The number of piperidine rings is 1. The molecule has 2 amide bonds. The molecule has 206 valence electrons. The summed E-state index contributed by atoms with van der Waals surface area (Å²) in [5.41, 5.74) is 0.0330. The molecule has 0 saturated carbocycles. The summed E-state index contributed by atoms with van der Waals surface area (Å²) in [7, 11) is 1.66. The van der Waals surface area contributed by atoms with E-state index in [0.717, 1.165) is 35.7 Å². The number of nitrogens with zero attached hydrogens (tertiary/aromatic N) is 1. The average molecular weight is 535 g/mol. The number of ether oxygens (including phenoxy) is 4. The quantitative estimate of drug-likeness (QED) is 0.561. The molecule has 3 aliphatic heterocycles. The van der Waals surface area contributed by atoms with Crippen LogP contribution < -0.4 is 14.8 Å². The molecule has 1 N–H and O–H groups in total. The Hall–Kier alpha value is -2.13. The fourth-order valence-corrected chi connectivity index (χ4v) is 6.25. The van der Waals surface area contributed by atoms with Crippen molar-refractivity contribution < 1.29 is 28.5 Å². The van der Waals surface area contributed by atoms with E-state index < -0.39 is 23.3 Å². The Kier molecular flexibility index (Phi) is 8.24. The van der Waals surface area contributed by atoms with Crippen LogP contribution in [-0.2, 0) is 14.3 Å². The average Bonchev–Trinajstić information content (AvgIpc) is 2.83. The SMILES string of the molecule is COc1ccc2c(c1)OC(C)(C)[C@H]1C[C@@H]3CN(C(=O)[C@H](CCSC)NC(=O)OC(C)(C)C)CC[C@@H]3O[C@H]21. The Morgan fingerprint density at radius 2 is 2.05 bits per heavy atom. The summed E-state index contributed by atoms with van der Waals surface area (Å²) in [5.74, 6) is 2.69. The van der Waals surface area contributed by atoms with Crippen molar-refractivity contribution in [2.24, 2.45) is 11.8 Å². The van der Waals surface area contributed by atoms with Gasteiger partial charge < -0.3 is 29.2 Å². The summed E-state index contributed by atoms with van der Waals surface area (Å²) in [6, 6.07) is 5.35. The van der Waals surface area contributed by atoms with Crippen LogP contribution in [0.1, 0.15) is 65.5 Å². The predicted molar refractivity (Wildman–Crippen MR) is 144 cm³/mol. The highest BCUT2D eigenvalue weighted by Gasteiger charge is 2.52. The fourth-order valence-electron chi connectivity index (χ4n) is 5.78. The van der Waals surface area contributed by atoms with E-state index in [-0.39, 0.29) is 30.0 Å². The van der Waals surface area contributed by atoms with Crippen LogP contribution in [0, 0.1) is 11.8 Å². The van der Waals surface area contributed by atoms with Gasteiger partial charge in [-0.25, -0.2) is 4.79 Å². The number of hydrogen-bond acceptors (Lipinski definition) is 7. The van der Waals surface area contributed by atoms with Crippen LogP contribution in [0.4, 0.5) is 4.79 Å². The first-order valence-corrected chi connectivity index (χ1v) is 14.6. The smallest absolute Gasteiger partial charge is 0.408 e. The summed E-state index contributed by atoms with van der Waals surface area (Å²) in [6.45, 7) is 10.9. The Morgan fingerprint density at radius 3 is 2.73 bits per heavy atom. The first-order chi connectivity index (χ1) is 17.4. The molecule has 8 nitrogen and oxygen atoms in total. The zero-order valence-corrected chi connectivity index (χ0v) is 24.0. The number of nitrogens with one attached hydrogen (secondary N) is 1. The largest absolute Gasteiger partial charge is 0.497 e. The maximum atomic E-state index is 13.6. The first-order valence-electron chi connectivity index (χ1n) is 13.2. The number of benzene rings is 1. The lowest BCUT2D eigenvalue weighted by Crippen LogP contribution is -2.58. The van der Waals surface area contributed by atoms with E-state index in [2.05, 4.69) is 25.2 Å². The number of thioether (sulfide) groups is 1. The minimum absolute atomic E-state index is 0.0444. The second-order valence-corrected chi connectivity index (χ2v) is 12.8. The lowest BCUT2D eigenvalue weighted by atomic mass is 9.70. The normalized spacial score (nSPS) is 27.1. The first kappa shape index (κ1) is 27.9. The maximum Gasteiger partial charge on any atom is 0.408 e. The van der Waals surface area contributed by atoms with Crippen molar-refractivity contribution in [3.8, 4) is 11.5 Å². The van der Waals surface area contributed by atoms with E-state index in [0.29, 0.717) is 19.5 Å². The minimum atomic E-state index is -0.621. The van der Waals surface area contributed by atoms with Crippen molar-refractivity contribution in [3.05, 3.63) is 23.8 Å². The van der Waals surface area contributed by atoms with Gasteiger partial charge in [0, 0.05) is 36.6 Å². The summed E-state index contributed by atoms with van der Waals surface area (Å²) in [5, 5.41) is 2.83. The van der Waals surface area contributed by atoms with Gasteiger partial charge in [-0.3, -0.25) is 4.79 Å². The molecule has 0 bridgehead atoms. The maximum absolute atomic E-state index is 13.6. The zero-order chi connectivity index (χ0) is 27.0. The topological polar surface area (TPSA) is 86.3 Å². The van der Waals surface area contributed by atoms with Gasteiger partial charge in [0.25, 0.3) is 0 Å². The van der Waals surface area contributed by atoms with Crippen molar-refractivity contribution in [2.45, 2.75) is 83.3 Å².